The summed E-state index contributed by atoms with van der Waals surface area (Å²) >= 11 is 0. The molecule has 1 aliphatic rings. The third kappa shape index (κ3) is 4.52. The molecule has 0 bridgehead atoms. The zero-order valence-electron chi connectivity index (χ0n) is 10.4. The van der Waals surface area contributed by atoms with Crippen molar-refractivity contribution in [3.8, 4) is 0 Å². The Morgan fingerprint density at radius 3 is 2.47 bits per heavy atom. The molecule has 0 aromatic heterocycles. The van der Waals surface area contributed by atoms with Gasteiger partial charge in [-0.1, -0.05) is 26.2 Å². The summed E-state index contributed by atoms with van der Waals surface area (Å²) in [4.78, 5) is 0. The second-order valence-corrected chi connectivity index (χ2v) is 5.09. The molecule has 2 nitrogen and oxygen atoms in total. The molecule has 0 amide bonds. The standard InChI is InChI=1S/C13H27NO/c1-3-5-6-12-7-9-13(14,10-8-12)11-15-4-2/h12H,3-11,14H2,1-2H3. The molecule has 0 heterocycles. The second kappa shape index (κ2) is 6.49. The smallest absolute Gasteiger partial charge is 0.0646 e. The van der Waals surface area contributed by atoms with Gasteiger partial charge >= 0.3 is 0 Å². The Morgan fingerprint density at radius 2 is 1.93 bits per heavy atom. The molecule has 0 aromatic rings. The molecule has 1 aliphatic carbocycles. The number of hydrogen-bond acceptors (Lipinski definition) is 2. The monoisotopic (exact) mass is 213 g/mol. The fourth-order valence-electron chi connectivity index (χ4n) is 2.48. The number of ether oxygens (including phenoxy) is 1. The summed E-state index contributed by atoms with van der Waals surface area (Å²) in [7, 11) is 0. The van der Waals surface area contributed by atoms with Crippen molar-refractivity contribution < 1.29 is 4.74 Å². The van der Waals surface area contributed by atoms with Crippen LogP contribution in [0.1, 0.15) is 58.8 Å². The van der Waals surface area contributed by atoms with E-state index in [2.05, 4.69) is 6.92 Å². The highest BCUT2D eigenvalue weighted by Gasteiger charge is 2.31. The summed E-state index contributed by atoms with van der Waals surface area (Å²) in [5, 5.41) is 0. The summed E-state index contributed by atoms with van der Waals surface area (Å²) in [6.45, 7) is 5.85. The Labute approximate surface area is 94.6 Å². The summed E-state index contributed by atoms with van der Waals surface area (Å²) in [5.74, 6) is 0.934. The van der Waals surface area contributed by atoms with Crippen LogP contribution in [-0.4, -0.2) is 18.8 Å². The van der Waals surface area contributed by atoms with Gasteiger partial charge in [-0.2, -0.15) is 0 Å². The first-order chi connectivity index (χ1) is 7.20. The van der Waals surface area contributed by atoms with Crippen LogP contribution in [0, 0.1) is 5.92 Å². The van der Waals surface area contributed by atoms with Crippen molar-refractivity contribution >= 4 is 0 Å². The molecule has 0 spiro atoms. The maximum atomic E-state index is 6.31. The molecule has 0 unspecified atom stereocenters. The van der Waals surface area contributed by atoms with Gasteiger partial charge in [-0.15, -0.1) is 0 Å². The molecular formula is C13H27NO. The van der Waals surface area contributed by atoms with E-state index in [1.165, 1.54) is 32.1 Å². The van der Waals surface area contributed by atoms with Crippen LogP contribution in [0.2, 0.25) is 0 Å². The van der Waals surface area contributed by atoms with Gasteiger partial charge in [-0.05, 0) is 38.5 Å². The van der Waals surface area contributed by atoms with Crippen LogP contribution in [0.4, 0.5) is 0 Å². The molecule has 1 saturated carbocycles. The minimum atomic E-state index is -0.0152. The lowest BCUT2D eigenvalue weighted by molar-refractivity contribution is 0.0660. The summed E-state index contributed by atoms with van der Waals surface area (Å²) < 4.78 is 5.47. The van der Waals surface area contributed by atoms with E-state index in [9.17, 15) is 0 Å². The maximum absolute atomic E-state index is 6.31. The van der Waals surface area contributed by atoms with E-state index in [4.69, 9.17) is 10.5 Å². The third-order valence-corrected chi connectivity index (χ3v) is 3.66. The van der Waals surface area contributed by atoms with Gasteiger partial charge in [0.1, 0.15) is 0 Å². The SMILES string of the molecule is CCCCC1CCC(N)(COCC)CC1. The first kappa shape index (κ1) is 13.0. The molecular weight excluding hydrogens is 186 g/mol. The van der Waals surface area contributed by atoms with Crippen LogP contribution >= 0.6 is 0 Å². The Morgan fingerprint density at radius 1 is 1.27 bits per heavy atom. The highest BCUT2D eigenvalue weighted by molar-refractivity contribution is 4.89. The minimum Gasteiger partial charge on any atom is -0.380 e. The molecule has 0 radical (unpaired) electrons. The zero-order valence-corrected chi connectivity index (χ0v) is 10.4. The van der Waals surface area contributed by atoms with Gasteiger partial charge in [0.15, 0.2) is 0 Å². The molecule has 15 heavy (non-hydrogen) atoms. The van der Waals surface area contributed by atoms with Crippen molar-refractivity contribution in [1.29, 1.82) is 0 Å². The first-order valence-corrected chi connectivity index (χ1v) is 6.57. The lowest BCUT2D eigenvalue weighted by Gasteiger charge is -2.37. The predicted octanol–water partition coefficient (Wildman–Crippen LogP) is 3.10. The summed E-state index contributed by atoms with van der Waals surface area (Å²) in [5.41, 5.74) is 6.30. The van der Waals surface area contributed by atoms with Gasteiger partial charge in [-0.3, -0.25) is 0 Å². The number of hydrogen-bond donors (Lipinski definition) is 1. The summed E-state index contributed by atoms with van der Waals surface area (Å²) in [6, 6.07) is 0. The Hall–Kier alpha value is -0.0800. The molecule has 0 saturated heterocycles. The quantitative estimate of drug-likeness (QED) is 0.736. The third-order valence-electron chi connectivity index (χ3n) is 3.66. The van der Waals surface area contributed by atoms with Crippen molar-refractivity contribution in [1.82, 2.24) is 0 Å². The highest BCUT2D eigenvalue weighted by atomic mass is 16.5. The lowest BCUT2D eigenvalue weighted by atomic mass is 9.76. The van der Waals surface area contributed by atoms with Crippen LogP contribution in [0.5, 0.6) is 0 Å². The van der Waals surface area contributed by atoms with Crippen LogP contribution < -0.4 is 5.73 Å². The molecule has 0 aliphatic heterocycles. The fourth-order valence-corrected chi connectivity index (χ4v) is 2.48. The first-order valence-electron chi connectivity index (χ1n) is 6.57. The summed E-state index contributed by atoms with van der Waals surface area (Å²) in [6.07, 6.45) is 9.04. The van der Waals surface area contributed by atoms with Crippen LogP contribution in [0.15, 0.2) is 0 Å². The normalized spacial score (nSPS) is 31.8. The highest BCUT2D eigenvalue weighted by Crippen LogP contribution is 2.33. The number of nitrogens with two attached hydrogens (primary N) is 1. The molecule has 90 valence electrons. The van der Waals surface area contributed by atoms with Crippen LogP contribution in [-0.2, 0) is 4.74 Å². The minimum absolute atomic E-state index is 0.0152. The van der Waals surface area contributed by atoms with E-state index in [0.717, 1.165) is 32.0 Å². The molecule has 0 atom stereocenters. The Balaban J connectivity index is 2.21. The Kier molecular flexibility index (Phi) is 5.62. The van der Waals surface area contributed by atoms with E-state index in [0.29, 0.717) is 0 Å². The van der Waals surface area contributed by atoms with Crippen LogP contribution in [0.3, 0.4) is 0 Å². The molecule has 1 rings (SSSR count). The van der Waals surface area contributed by atoms with Gasteiger partial charge in [0.05, 0.1) is 6.61 Å². The van der Waals surface area contributed by atoms with Crippen molar-refractivity contribution in [2.24, 2.45) is 11.7 Å². The van der Waals surface area contributed by atoms with Gasteiger partial charge in [0.25, 0.3) is 0 Å². The van der Waals surface area contributed by atoms with Crippen molar-refractivity contribution in [3.63, 3.8) is 0 Å². The second-order valence-electron chi connectivity index (χ2n) is 5.09. The van der Waals surface area contributed by atoms with Crippen molar-refractivity contribution in [2.45, 2.75) is 64.3 Å². The Bertz CT molecular complexity index is 162. The van der Waals surface area contributed by atoms with E-state index in [1.54, 1.807) is 0 Å². The zero-order chi connectivity index (χ0) is 11.1. The largest absolute Gasteiger partial charge is 0.380 e. The molecule has 1 fully saturated rings. The van der Waals surface area contributed by atoms with Crippen molar-refractivity contribution in [3.05, 3.63) is 0 Å². The molecule has 0 aromatic carbocycles. The molecule has 2 heteroatoms. The topological polar surface area (TPSA) is 35.2 Å². The number of unbranched alkanes of at least 4 members (excludes halogenated alkanes) is 1. The average Bonchev–Trinajstić information content (AvgIpc) is 2.26. The van der Waals surface area contributed by atoms with E-state index < -0.39 is 0 Å². The molecule has 2 N–H and O–H groups in total. The maximum Gasteiger partial charge on any atom is 0.0646 e. The van der Waals surface area contributed by atoms with E-state index in [-0.39, 0.29) is 5.54 Å². The van der Waals surface area contributed by atoms with Crippen molar-refractivity contribution in [2.75, 3.05) is 13.2 Å². The predicted molar refractivity (Wildman–Crippen MR) is 64.9 cm³/mol. The fraction of sp³-hybridized carbons (Fsp3) is 1.00. The number of rotatable bonds is 6. The van der Waals surface area contributed by atoms with E-state index >= 15 is 0 Å². The lowest BCUT2D eigenvalue weighted by Crippen LogP contribution is -2.47. The van der Waals surface area contributed by atoms with Gasteiger partial charge in [-0.25, -0.2) is 0 Å². The average molecular weight is 213 g/mol. The van der Waals surface area contributed by atoms with Gasteiger partial charge < -0.3 is 10.5 Å². The van der Waals surface area contributed by atoms with Crippen LogP contribution in [0.25, 0.3) is 0 Å². The van der Waals surface area contributed by atoms with Gasteiger partial charge in [0, 0.05) is 12.1 Å². The van der Waals surface area contributed by atoms with Gasteiger partial charge in [0.2, 0.25) is 0 Å². The van der Waals surface area contributed by atoms with E-state index in [1.807, 2.05) is 6.92 Å².